The summed E-state index contributed by atoms with van der Waals surface area (Å²) in [5.41, 5.74) is 0. The minimum atomic E-state index is -4.76. The number of carbonyl (C=O) groups excluding carboxylic acids is 2. The molecule has 3 unspecified atom stereocenters. The summed E-state index contributed by atoms with van der Waals surface area (Å²) in [6.07, 6.45) is 35.9. The number of nitrogens with one attached hydrogen (secondary N) is 1. The summed E-state index contributed by atoms with van der Waals surface area (Å²) in [6, 6.07) is -1.56. The van der Waals surface area contributed by atoms with Crippen molar-refractivity contribution in [2.45, 2.75) is 161 Å². The molecule has 0 aromatic heterocycles. The second-order valence-electron chi connectivity index (χ2n) is 12.8. The van der Waals surface area contributed by atoms with Crippen LogP contribution in [-0.4, -0.2) is 64.9 Å². The third-order valence-corrected chi connectivity index (χ3v) is 8.82. The third kappa shape index (κ3) is 34.3. The lowest BCUT2D eigenvalue weighted by atomic mass is 10.1. The van der Waals surface area contributed by atoms with Gasteiger partial charge in [-0.1, -0.05) is 127 Å². The Morgan fingerprint density at radius 3 is 1.65 bits per heavy atom. The number of hydrogen-bond donors (Lipinski definition) is 4. The number of rotatable bonds is 35. The first-order chi connectivity index (χ1) is 24.6. The quantitative estimate of drug-likeness (QED) is 0.0213. The molecule has 0 saturated carbocycles. The Morgan fingerprint density at radius 1 is 0.627 bits per heavy atom. The van der Waals surface area contributed by atoms with Crippen LogP contribution in [0.25, 0.3) is 0 Å². The molecule has 0 aliphatic rings. The van der Waals surface area contributed by atoms with Crippen LogP contribution in [-0.2, 0) is 32.7 Å². The van der Waals surface area contributed by atoms with Gasteiger partial charge in [-0.25, -0.2) is 9.36 Å². The van der Waals surface area contributed by atoms with Gasteiger partial charge >= 0.3 is 19.8 Å². The van der Waals surface area contributed by atoms with Crippen molar-refractivity contribution >= 4 is 25.7 Å². The lowest BCUT2D eigenvalue weighted by Crippen LogP contribution is -2.43. The van der Waals surface area contributed by atoms with Crippen molar-refractivity contribution in [1.82, 2.24) is 5.32 Å². The summed E-state index contributed by atoms with van der Waals surface area (Å²) in [4.78, 5) is 45.6. The summed E-state index contributed by atoms with van der Waals surface area (Å²) >= 11 is 0. The first-order valence-corrected chi connectivity index (χ1v) is 20.7. The summed E-state index contributed by atoms with van der Waals surface area (Å²) in [5, 5.41) is 21.7. The molecule has 0 fully saturated rings. The molecule has 0 spiro atoms. The number of hydrogen-bond acceptors (Lipinski definition) is 8. The van der Waals surface area contributed by atoms with E-state index in [1.807, 2.05) is 0 Å². The third-order valence-electron chi connectivity index (χ3n) is 7.87. The summed E-state index contributed by atoms with van der Waals surface area (Å²) in [7, 11) is -4.76. The molecule has 0 aromatic rings. The minimum absolute atomic E-state index is 0.107. The van der Waals surface area contributed by atoms with Crippen LogP contribution in [0.15, 0.2) is 48.6 Å². The molecular formula is C39H68NO10P. The number of unbranched alkanes of at least 4 members (excludes halogenated alkanes) is 13. The smallest absolute Gasteiger partial charge is 0.472 e. The molecule has 3 atom stereocenters. The number of amides is 1. The number of phosphoric ester groups is 1. The fraction of sp³-hybridized carbons (Fsp3) is 0.718. The van der Waals surface area contributed by atoms with Gasteiger partial charge in [0, 0.05) is 12.8 Å². The molecule has 0 heterocycles. The number of phosphoric acid groups is 1. The second kappa shape index (κ2) is 34.5. The van der Waals surface area contributed by atoms with Crippen molar-refractivity contribution in [3.63, 3.8) is 0 Å². The number of aliphatic hydroxyl groups is 1. The van der Waals surface area contributed by atoms with Gasteiger partial charge in [-0.3, -0.25) is 18.6 Å². The lowest BCUT2D eigenvalue weighted by Gasteiger charge is -2.18. The van der Waals surface area contributed by atoms with Crippen molar-refractivity contribution in [2.24, 2.45) is 0 Å². The largest absolute Gasteiger partial charge is 0.480 e. The Balaban J connectivity index is 4.04. The van der Waals surface area contributed by atoms with Crippen LogP contribution >= 0.6 is 7.82 Å². The second-order valence-corrected chi connectivity index (χ2v) is 14.2. The Bertz CT molecular complexity index is 1060. The summed E-state index contributed by atoms with van der Waals surface area (Å²) in [5.74, 6) is -2.43. The number of carboxylic acids is 1. The Morgan fingerprint density at radius 2 is 1.08 bits per heavy atom. The van der Waals surface area contributed by atoms with Crippen molar-refractivity contribution in [3.05, 3.63) is 48.6 Å². The van der Waals surface area contributed by atoms with E-state index in [4.69, 9.17) is 13.8 Å². The molecule has 0 bridgehead atoms. The maximum atomic E-state index is 12.3. The fourth-order valence-electron chi connectivity index (χ4n) is 4.83. The molecule has 0 saturated heterocycles. The minimum Gasteiger partial charge on any atom is -0.480 e. The van der Waals surface area contributed by atoms with Crippen LogP contribution in [0.4, 0.5) is 0 Å². The molecule has 0 aliphatic carbocycles. The lowest BCUT2D eigenvalue weighted by molar-refractivity contribution is -0.147. The zero-order chi connectivity index (χ0) is 37.8. The number of allylic oxidation sites excluding steroid dienone is 8. The van der Waals surface area contributed by atoms with E-state index in [1.165, 1.54) is 51.4 Å². The van der Waals surface area contributed by atoms with Crippen molar-refractivity contribution in [3.8, 4) is 0 Å². The number of aliphatic carboxylic acids is 1. The van der Waals surface area contributed by atoms with Gasteiger partial charge in [0.25, 0.3) is 0 Å². The highest BCUT2D eigenvalue weighted by Gasteiger charge is 2.28. The molecule has 11 nitrogen and oxygen atoms in total. The maximum absolute atomic E-state index is 12.3. The van der Waals surface area contributed by atoms with E-state index in [1.54, 1.807) is 0 Å². The van der Waals surface area contributed by atoms with E-state index < -0.39 is 57.6 Å². The molecule has 12 heteroatoms. The number of aliphatic hydroxyl groups excluding tert-OH is 1. The van der Waals surface area contributed by atoms with Gasteiger partial charge in [-0.2, -0.15) is 0 Å². The van der Waals surface area contributed by atoms with E-state index in [2.05, 4.69) is 67.8 Å². The Labute approximate surface area is 307 Å². The zero-order valence-corrected chi connectivity index (χ0v) is 32.3. The molecule has 0 radical (unpaired) electrons. The van der Waals surface area contributed by atoms with Gasteiger partial charge in [-0.05, 0) is 57.8 Å². The average molecular weight is 742 g/mol. The van der Waals surface area contributed by atoms with Gasteiger partial charge in [-0.15, -0.1) is 0 Å². The number of carbonyl (C=O) groups is 3. The fourth-order valence-corrected chi connectivity index (χ4v) is 5.60. The molecule has 51 heavy (non-hydrogen) atoms. The predicted molar refractivity (Wildman–Crippen MR) is 203 cm³/mol. The van der Waals surface area contributed by atoms with Gasteiger partial charge in [0.1, 0.15) is 12.7 Å². The summed E-state index contributed by atoms with van der Waals surface area (Å²) < 4.78 is 26.6. The topological polar surface area (TPSA) is 169 Å². The van der Waals surface area contributed by atoms with Crippen molar-refractivity contribution < 1.29 is 47.8 Å². The zero-order valence-electron chi connectivity index (χ0n) is 31.4. The number of carboxylic acid groups (broad SMARTS) is 1. The van der Waals surface area contributed by atoms with E-state index >= 15 is 0 Å². The highest BCUT2D eigenvalue weighted by atomic mass is 31.2. The average Bonchev–Trinajstić information content (AvgIpc) is 3.10. The van der Waals surface area contributed by atoms with E-state index in [0.717, 1.165) is 57.8 Å². The number of ether oxygens (including phenoxy) is 1. The monoisotopic (exact) mass is 741 g/mol. The van der Waals surface area contributed by atoms with Crippen LogP contribution in [0, 0.1) is 0 Å². The Kier molecular flexibility index (Phi) is 32.8. The van der Waals surface area contributed by atoms with Crippen molar-refractivity contribution in [2.75, 3.05) is 19.8 Å². The van der Waals surface area contributed by atoms with Gasteiger partial charge in [0.2, 0.25) is 5.91 Å². The molecule has 0 rings (SSSR count). The van der Waals surface area contributed by atoms with E-state index in [9.17, 15) is 34.1 Å². The van der Waals surface area contributed by atoms with Crippen LogP contribution in [0.2, 0.25) is 0 Å². The van der Waals surface area contributed by atoms with Crippen molar-refractivity contribution in [1.29, 1.82) is 0 Å². The first-order valence-electron chi connectivity index (χ1n) is 19.2. The highest BCUT2D eigenvalue weighted by Crippen LogP contribution is 2.43. The van der Waals surface area contributed by atoms with E-state index in [-0.39, 0.29) is 12.8 Å². The predicted octanol–water partition coefficient (Wildman–Crippen LogP) is 9.05. The van der Waals surface area contributed by atoms with E-state index in [0.29, 0.717) is 12.8 Å². The molecule has 0 aromatic carbocycles. The molecule has 1 amide bonds. The maximum Gasteiger partial charge on any atom is 0.472 e. The molecule has 294 valence electrons. The van der Waals surface area contributed by atoms with Gasteiger partial charge in [0.05, 0.1) is 13.2 Å². The summed E-state index contributed by atoms with van der Waals surface area (Å²) in [6.45, 7) is 2.47. The van der Waals surface area contributed by atoms with Crippen LogP contribution < -0.4 is 5.32 Å². The molecular weight excluding hydrogens is 673 g/mol. The molecule has 0 aliphatic heterocycles. The standard InChI is InChI=1S/C39H68NO10P/c1-3-5-7-9-11-13-14-15-16-17-18-19-20-21-22-23-24-26-28-30-37(42)40-36(39(44)45)34-50-51(46,47)49-33-35(41)32-48-38(43)31-29-27-25-12-10-8-6-4-2/h11,13,15-16,18-19,21-22,35-36,41H,3-10,12,14,17,20,23-34H2,1-2H3,(H,40,42)(H,44,45)(H,46,47)/b13-11-,16-15-,19-18-,22-21-. The van der Waals surface area contributed by atoms with Crippen LogP contribution in [0.3, 0.4) is 0 Å². The first kappa shape index (κ1) is 48.4. The van der Waals surface area contributed by atoms with Crippen LogP contribution in [0.1, 0.15) is 149 Å². The van der Waals surface area contributed by atoms with Gasteiger partial charge in [0.15, 0.2) is 6.04 Å². The number of esters is 1. The molecule has 4 N–H and O–H groups in total. The van der Waals surface area contributed by atoms with Crippen LogP contribution in [0.5, 0.6) is 0 Å². The Hall–Kier alpha value is -2.56. The van der Waals surface area contributed by atoms with Gasteiger partial charge < -0.3 is 25.2 Å². The SMILES string of the molecule is CCCCC/C=C\C/C=C\C/C=C\C/C=C\CCCCCC(=O)NC(COP(=O)(O)OCC(O)COC(=O)CCCCCCCCCC)C(=O)O. The highest BCUT2D eigenvalue weighted by molar-refractivity contribution is 7.47. The normalized spacial score (nSPS) is 14.4.